The summed E-state index contributed by atoms with van der Waals surface area (Å²) in [6.07, 6.45) is 6.07. The molecular formula is C12H23N3O. The normalized spacial score (nSPS) is 15.0. The van der Waals surface area contributed by atoms with Crippen molar-refractivity contribution < 1.29 is 4.74 Å². The number of rotatable bonds is 7. The second kappa shape index (κ2) is 6.66. The van der Waals surface area contributed by atoms with E-state index in [9.17, 15) is 0 Å². The number of aromatic nitrogens is 2. The summed E-state index contributed by atoms with van der Waals surface area (Å²) in [5, 5.41) is 3.48. The maximum absolute atomic E-state index is 5.31. The van der Waals surface area contributed by atoms with Crippen molar-refractivity contribution in [3.63, 3.8) is 0 Å². The summed E-state index contributed by atoms with van der Waals surface area (Å²) < 4.78 is 7.38. The summed E-state index contributed by atoms with van der Waals surface area (Å²) in [5.41, 5.74) is 0. The lowest BCUT2D eigenvalue weighted by Crippen LogP contribution is -2.35. The quantitative estimate of drug-likeness (QED) is 0.761. The highest BCUT2D eigenvalue weighted by atomic mass is 16.5. The van der Waals surface area contributed by atoms with Crippen LogP contribution in [0.2, 0.25) is 0 Å². The van der Waals surface area contributed by atoms with Gasteiger partial charge >= 0.3 is 0 Å². The van der Waals surface area contributed by atoms with Gasteiger partial charge in [-0.2, -0.15) is 0 Å². The molecule has 0 aromatic carbocycles. The van der Waals surface area contributed by atoms with Crippen LogP contribution < -0.4 is 5.32 Å². The zero-order valence-corrected chi connectivity index (χ0v) is 10.7. The first kappa shape index (κ1) is 13.2. The maximum atomic E-state index is 5.31. The SMILES string of the molecule is CCNC(Cc1nccn1C)CC(C)OC. The molecule has 0 amide bonds. The highest BCUT2D eigenvalue weighted by Crippen LogP contribution is 2.07. The van der Waals surface area contributed by atoms with Gasteiger partial charge in [0.1, 0.15) is 5.82 Å². The molecule has 1 rings (SSSR count). The number of nitrogens with one attached hydrogen (secondary N) is 1. The minimum atomic E-state index is 0.282. The number of hydrogen-bond acceptors (Lipinski definition) is 3. The van der Waals surface area contributed by atoms with Crippen molar-refractivity contribution >= 4 is 0 Å². The Balaban J connectivity index is 2.54. The molecule has 16 heavy (non-hydrogen) atoms. The van der Waals surface area contributed by atoms with Gasteiger partial charge in [0.15, 0.2) is 0 Å². The molecule has 0 radical (unpaired) electrons. The lowest BCUT2D eigenvalue weighted by molar-refractivity contribution is 0.100. The number of nitrogens with zero attached hydrogens (tertiary/aromatic N) is 2. The molecule has 0 aliphatic heterocycles. The van der Waals surface area contributed by atoms with Crippen molar-refractivity contribution in [2.24, 2.45) is 7.05 Å². The van der Waals surface area contributed by atoms with Crippen LogP contribution in [0.25, 0.3) is 0 Å². The molecule has 0 saturated carbocycles. The minimum Gasteiger partial charge on any atom is -0.382 e. The van der Waals surface area contributed by atoms with Crippen molar-refractivity contribution in [1.82, 2.24) is 14.9 Å². The molecule has 0 fully saturated rings. The standard InChI is InChI=1S/C12H23N3O/c1-5-13-11(8-10(2)16-4)9-12-14-6-7-15(12)3/h6-7,10-11,13H,5,8-9H2,1-4H3. The van der Waals surface area contributed by atoms with E-state index in [4.69, 9.17) is 4.74 Å². The zero-order valence-electron chi connectivity index (χ0n) is 10.7. The van der Waals surface area contributed by atoms with Gasteiger partial charge in [0.2, 0.25) is 0 Å². The predicted octanol–water partition coefficient (Wildman–Crippen LogP) is 1.37. The van der Waals surface area contributed by atoms with Gasteiger partial charge in [0.25, 0.3) is 0 Å². The Labute approximate surface area is 98.0 Å². The van der Waals surface area contributed by atoms with Crippen LogP contribution in [0.15, 0.2) is 12.4 Å². The smallest absolute Gasteiger partial charge is 0.109 e. The Morgan fingerprint density at radius 2 is 2.31 bits per heavy atom. The first-order chi connectivity index (χ1) is 7.67. The summed E-state index contributed by atoms with van der Waals surface area (Å²) >= 11 is 0. The number of imidazole rings is 1. The van der Waals surface area contributed by atoms with Crippen molar-refractivity contribution in [3.8, 4) is 0 Å². The molecule has 0 aliphatic rings. The van der Waals surface area contributed by atoms with Crippen molar-refractivity contribution in [1.29, 1.82) is 0 Å². The Morgan fingerprint density at radius 3 is 2.81 bits per heavy atom. The fraction of sp³-hybridized carbons (Fsp3) is 0.750. The van der Waals surface area contributed by atoms with Crippen LogP contribution in [0.5, 0.6) is 0 Å². The number of aryl methyl sites for hydroxylation is 1. The third-order valence-electron chi connectivity index (χ3n) is 2.86. The van der Waals surface area contributed by atoms with Crippen LogP contribution in [0.1, 0.15) is 26.1 Å². The second-order valence-electron chi connectivity index (χ2n) is 4.20. The molecule has 92 valence electrons. The van der Waals surface area contributed by atoms with Gasteiger partial charge in [-0.05, 0) is 19.9 Å². The Bertz CT molecular complexity index is 298. The molecule has 1 heterocycles. The monoisotopic (exact) mass is 225 g/mol. The summed E-state index contributed by atoms with van der Waals surface area (Å²) in [6, 6.07) is 0.432. The molecule has 1 aromatic rings. The van der Waals surface area contributed by atoms with Gasteiger partial charge < -0.3 is 14.6 Å². The van der Waals surface area contributed by atoms with Crippen LogP contribution >= 0.6 is 0 Å². The molecule has 2 unspecified atom stereocenters. The van der Waals surface area contributed by atoms with E-state index in [1.54, 1.807) is 7.11 Å². The number of methoxy groups -OCH3 is 1. The topological polar surface area (TPSA) is 39.1 Å². The summed E-state index contributed by atoms with van der Waals surface area (Å²) in [6.45, 7) is 5.21. The summed E-state index contributed by atoms with van der Waals surface area (Å²) in [7, 11) is 3.79. The highest BCUT2D eigenvalue weighted by Gasteiger charge is 2.14. The molecule has 0 aliphatic carbocycles. The fourth-order valence-corrected chi connectivity index (χ4v) is 1.84. The molecule has 0 spiro atoms. The number of likely N-dealkylation sites (N-methyl/N-ethyl adjacent to an activating group) is 1. The Hall–Kier alpha value is -0.870. The van der Waals surface area contributed by atoms with Gasteiger partial charge in [-0.3, -0.25) is 0 Å². The third-order valence-corrected chi connectivity index (χ3v) is 2.86. The Morgan fingerprint density at radius 1 is 1.56 bits per heavy atom. The minimum absolute atomic E-state index is 0.282. The van der Waals surface area contributed by atoms with Gasteiger partial charge in [0, 0.05) is 39.0 Å². The maximum Gasteiger partial charge on any atom is 0.109 e. The van der Waals surface area contributed by atoms with Crippen LogP contribution in [0, 0.1) is 0 Å². The van der Waals surface area contributed by atoms with Crippen molar-refractivity contribution in [2.45, 2.75) is 38.8 Å². The first-order valence-corrected chi connectivity index (χ1v) is 5.89. The van der Waals surface area contributed by atoms with Crippen molar-refractivity contribution in [3.05, 3.63) is 18.2 Å². The molecule has 4 nitrogen and oxygen atoms in total. The van der Waals surface area contributed by atoms with E-state index in [0.29, 0.717) is 6.04 Å². The van der Waals surface area contributed by atoms with E-state index < -0.39 is 0 Å². The van der Waals surface area contributed by atoms with Gasteiger partial charge in [0.05, 0.1) is 6.10 Å². The summed E-state index contributed by atoms with van der Waals surface area (Å²) in [4.78, 5) is 4.35. The van der Waals surface area contributed by atoms with Gasteiger partial charge in [-0.1, -0.05) is 6.92 Å². The van der Waals surface area contributed by atoms with Gasteiger partial charge in [-0.25, -0.2) is 4.98 Å². The number of ether oxygens (including phenoxy) is 1. The molecule has 0 saturated heterocycles. The lowest BCUT2D eigenvalue weighted by atomic mass is 10.1. The van der Waals surface area contributed by atoms with Crippen LogP contribution in [0.3, 0.4) is 0 Å². The third kappa shape index (κ3) is 3.94. The first-order valence-electron chi connectivity index (χ1n) is 5.89. The zero-order chi connectivity index (χ0) is 12.0. The van der Waals surface area contributed by atoms with Crippen LogP contribution in [-0.2, 0) is 18.2 Å². The van der Waals surface area contributed by atoms with E-state index in [1.807, 2.05) is 19.4 Å². The van der Waals surface area contributed by atoms with Crippen molar-refractivity contribution in [2.75, 3.05) is 13.7 Å². The van der Waals surface area contributed by atoms with Gasteiger partial charge in [-0.15, -0.1) is 0 Å². The molecule has 1 aromatic heterocycles. The molecule has 1 N–H and O–H groups in total. The number of hydrogen-bond donors (Lipinski definition) is 1. The average molecular weight is 225 g/mol. The highest BCUT2D eigenvalue weighted by molar-refractivity contribution is 4.94. The lowest BCUT2D eigenvalue weighted by Gasteiger charge is -2.20. The summed E-state index contributed by atoms with van der Waals surface area (Å²) in [5.74, 6) is 1.12. The molecule has 2 atom stereocenters. The van der Waals surface area contributed by atoms with E-state index >= 15 is 0 Å². The largest absolute Gasteiger partial charge is 0.382 e. The molecule has 4 heteroatoms. The van der Waals surface area contributed by atoms with Crippen LogP contribution in [-0.4, -0.2) is 35.4 Å². The average Bonchev–Trinajstić information content (AvgIpc) is 2.64. The predicted molar refractivity (Wildman–Crippen MR) is 65.5 cm³/mol. The molecule has 0 bridgehead atoms. The Kier molecular flexibility index (Phi) is 5.49. The van der Waals surface area contributed by atoms with Crippen LogP contribution in [0.4, 0.5) is 0 Å². The van der Waals surface area contributed by atoms with E-state index in [1.165, 1.54) is 0 Å². The van der Waals surface area contributed by atoms with E-state index in [-0.39, 0.29) is 6.10 Å². The fourth-order valence-electron chi connectivity index (χ4n) is 1.84. The second-order valence-corrected chi connectivity index (χ2v) is 4.20. The van der Waals surface area contributed by atoms with E-state index in [0.717, 1.165) is 25.2 Å². The molecular weight excluding hydrogens is 202 g/mol. The van der Waals surface area contributed by atoms with E-state index in [2.05, 4.69) is 28.7 Å².